The number of carbonyl (C=O) groups is 1. The highest BCUT2D eigenvalue weighted by atomic mass is 16.1. The van der Waals surface area contributed by atoms with Crippen LogP contribution < -0.4 is 11.1 Å². The second-order valence-corrected chi connectivity index (χ2v) is 4.25. The van der Waals surface area contributed by atoms with E-state index < -0.39 is 0 Å². The monoisotopic (exact) mass is 255 g/mol. The molecule has 4 heteroatoms. The SMILES string of the molecule is NCc1ccc(C(=O)NCCc2ccccc2)nc1. The Balaban J connectivity index is 1.84. The first-order valence-corrected chi connectivity index (χ1v) is 6.26. The van der Waals surface area contributed by atoms with Crippen LogP contribution >= 0.6 is 0 Å². The molecule has 98 valence electrons. The number of aromatic nitrogens is 1. The maximum atomic E-state index is 11.8. The van der Waals surface area contributed by atoms with Gasteiger partial charge < -0.3 is 11.1 Å². The van der Waals surface area contributed by atoms with Crippen molar-refractivity contribution in [2.24, 2.45) is 5.73 Å². The molecule has 0 aliphatic rings. The molecule has 1 aromatic carbocycles. The van der Waals surface area contributed by atoms with Crippen LogP contribution in [0.1, 0.15) is 21.6 Å². The summed E-state index contributed by atoms with van der Waals surface area (Å²) in [6.07, 6.45) is 2.44. The Morgan fingerprint density at radius 3 is 2.53 bits per heavy atom. The lowest BCUT2D eigenvalue weighted by Gasteiger charge is -2.05. The molecule has 4 nitrogen and oxygen atoms in total. The Morgan fingerprint density at radius 2 is 1.89 bits per heavy atom. The number of nitrogens with zero attached hydrogens (tertiary/aromatic N) is 1. The van der Waals surface area contributed by atoms with Gasteiger partial charge in [0.2, 0.25) is 0 Å². The first kappa shape index (κ1) is 13.2. The zero-order chi connectivity index (χ0) is 13.5. The maximum absolute atomic E-state index is 11.8. The van der Waals surface area contributed by atoms with E-state index in [9.17, 15) is 4.79 Å². The highest BCUT2D eigenvalue weighted by molar-refractivity contribution is 5.92. The minimum atomic E-state index is -0.153. The molecule has 0 aliphatic carbocycles. The summed E-state index contributed by atoms with van der Waals surface area (Å²) in [6.45, 7) is 1.03. The van der Waals surface area contributed by atoms with E-state index in [2.05, 4.69) is 10.3 Å². The van der Waals surface area contributed by atoms with E-state index in [1.54, 1.807) is 12.3 Å². The summed E-state index contributed by atoms with van der Waals surface area (Å²) in [7, 11) is 0. The molecule has 3 N–H and O–H groups in total. The molecule has 0 radical (unpaired) electrons. The molecule has 2 rings (SSSR count). The van der Waals surface area contributed by atoms with Crippen LogP contribution in [-0.2, 0) is 13.0 Å². The normalized spacial score (nSPS) is 10.2. The number of benzene rings is 1. The fourth-order valence-electron chi connectivity index (χ4n) is 1.74. The number of nitrogens with one attached hydrogen (secondary N) is 1. The fourth-order valence-corrected chi connectivity index (χ4v) is 1.74. The van der Waals surface area contributed by atoms with Crippen molar-refractivity contribution in [1.82, 2.24) is 10.3 Å². The average Bonchev–Trinajstić information content (AvgIpc) is 2.48. The van der Waals surface area contributed by atoms with Crippen molar-refractivity contribution in [2.75, 3.05) is 6.54 Å². The van der Waals surface area contributed by atoms with Gasteiger partial charge in [0.15, 0.2) is 0 Å². The Hall–Kier alpha value is -2.20. The Kier molecular flexibility index (Phi) is 4.64. The van der Waals surface area contributed by atoms with Crippen LogP contribution in [0.5, 0.6) is 0 Å². The summed E-state index contributed by atoms with van der Waals surface area (Å²) < 4.78 is 0. The number of rotatable bonds is 5. The van der Waals surface area contributed by atoms with Gasteiger partial charge in [-0.15, -0.1) is 0 Å². The van der Waals surface area contributed by atoms with E-state index in [1.807, 2.05) is 36.4 Å². The topological polar surface area (TPSA) is 68.0 Å². The molecule has 1 aromatic heterocycles. The van der Waals surface area contributed by atoms with Crippen molar-refractivity contribution in [3.05, 3.63) is 65.5 Å². The summed E-state index contributed by atoms with van der Waals surface area (Å²) >= 11 is 0. The number of amides is 1. The van der Waals surface area contributed by atoms with Crippen LogP contribution in [0.25, 0.3) is 0 Å². The lowest BCUT2D eigenvalue weighted by atomic mass is 10.1. The standard InChI is InChI=1S/C15H17N3O/c16-10-13-6-7-14(18-11-13)15(19)17-9-8-12-4-2-1-3-5-12/h1-7,11H,8-10,16H2,(H,17,19). The Morgan fingerprint density at radius 1 is 1.11 bits per heavy atom. The molecule has 0 aliphatic heterocycles. The van der Waals surface area contributed by atoms with Crippen LogP contribution in [0.4, 0.5) is 0 Å². The van der Waals surface area contributed by atoms with Gasteiger partial charge in [0.25, 0.3) is 5.91 Å². The lowest BCUT2D eigenvalue weighted by molar-refractivity contribution is 0.0949. The van der Waals surface area contributed by atoms with Crippen LogP contribution in [0.2, 0.25) is 0 Å². The molecule has 0 atom stereocenters. The van der Waals surface area contributed by atoms with Gasteiger partial charge in [0, 0.05) is 19.3 Å². The molecular formula is C15H17N3O. The molecule has 0 fully saturated rings. The average molecular weight is 255 g/mol. The predicted molar refractivity (Wildman–Crippen MR) is 74.6 cm³/mol. The quantitative estimate of drug-likeness (QED) is 0.851. The lowest BCUT2D eigenvalue weighted by Crippen LogP contribution is -2.26. The number of hydrogen-bond acceptors (Lipinski definition) is 3. The fraction of sp³-hybridized carbons (Fsp3) is 0.200. The van der Waals surface area contributed by atoms with Gasteiger partial charge in [-0.25, -0.2) is 0 Å². The van der Waals surface area contributed by atoms with Crippen LogP contribution in [0, 0.1) is 0 Å². The van der Waals surface area contributed by atoms with Gasteiger partial charge in [-0.05, 0) is 23.6 Å². The Labute approximate surface area is 112 Å². The van der Waals surface area contributed by atoms with Crippen molar-refractivity contribution in [3.63, 3.8) is 0 Å². The summed E-state index contributed by atoms with van der Waals surface area (Å²) in [5.74, 6) is -0.153. The first-order chi connectivity index (χ1) is 9.29. The smallest absolute Gasteiger partial charge is 0.269 e. The third-order valence-corrected chi connectivity index (χ3v) is 2.84. The minimum absolute atomic E-state index is 0.153. The predicted octanol–water partition coefficient (Wildman–Crippen LogP) is 1.51. The summed E-state index contributed by atoms with van der Waals surface area (Å²) in [5, 5.41) is 2.85. The zero-order valence-corrected chi connectivity index (χ0v) is 10.7. The van der Waals surface area contributed by atoms with Gasteiger partial charge >= 0.3 is 0 Å². The molecule has 0 saturated carbocycles. The number of carbonyl (C=O) groups excluding carboxylic acids is 1. The van der Waals surface area contributed by atoms with Crippen molar-refractivity contribution >= 4 is 5.91 Å². The number of hydrogen-bond donors (Lipinski definition) is 2. The summed E-state index contributed by atoms with van der Waals surface area (Å²) in [5.41, 5.74) is 8.02. The van der Waals surface area contributed by atoms with Crippen molar-refractivity contribution in [3.8, 4) is 0 Å². The molecule has 19 heavy (non-hydrogen) atoms. The van der Waals surface area contributed by atoms with Crippen molar-refractivity contribution < 1.29 is 4.79 Å². The van der Waals surface area contributed by atoms with Gasteiger partial charge in [-0.1, -0.05) is 36.4 Å². The summed E-state index contributed by atoms with van der Waals surface area (Å²) in [6, 6.07) is 13.6. The second-order valence-electron chi connectivity index (χ2n) is 4.25. The first-order valence-electron chi connectivity index (χ1n) is 6.26. The van der Waals surface area contributed by atoms with Gasteiger partial charge in [-0.2, -0.15) is 0 Å². The highest BCUT2D eigenvalue weighted by Crippen LogP contribution is 2.01. The van der Waals surface area contributed by atoms with E-state index in [-0.39, 0.29) is 5.91 Å². The second kappa shape index (κ2) is 6.66. The highest BCUT2D eigenvalue weighted by Gasteiger charge is 2.05. The van der Waals surface area contributed by atoms with E-state index >= 15 is 0 Å². The zero-order valence-electron chi connectivity index (χ0n) is 10.7. The third-order valence-electron chi connectivity index (χ3n) is 2.84. The van der Waals surface area contributed by atoms with E-state index in [0.717, 1.165) is 12.0 Å². The number of pyridine rings is 1. The molecule has 0 saturated heterocycles. The molecule has 0 spiro atoms. The molecule has 2 aromatic rings. The van der Waals surface area contributed by atoms with Gasteiger partial charge in [0.05, 0.1) is 0 Å². The molecule has 0 unspecified atom stereocenters. The summed E-state index contributed by atoms with van der Waals surface area (Å²) in [4.78, 5) is 15.9. The Bertz CT molecular complexity index is 523. The molecule has 0 bridgehead atoms. The minimum Gasteiger partial charge on any atom is -0.350 e. The maximum Gasteiger partial charge on any atom is 0.269 e. The van der Waals surface area contributed by atoms with E-state index in [4.69, 9.17) is 5.73 Å². The third kappa shape index (κ3) is 3.89. The van der Waals surface area contributed by atoms with Crippen molar-refractivity contribution in [2.45, 2.75) is 13.0 Å². The molecule has 1 heterocycles. The van der Waals surface area contributed by atoms with Crippen LogP contribution in [0.3, 0.4) is 0 Å². The van der Waals surface area contributed by atoms with E-state index in [0.29, 0.717) is 18.8 Å². The number of nitrogens with two attached hydrogens (primary N) is 1. The molecular weight excluding hydrogens is 238 g/mol. The van der Waals surface area contributed by atoms with Gasteiger partial charge in [0.1, 0.15) is 5.69 Å². The van der Waals surface area contributed by atoms with Crippen molar-refractivity contribution in [1.29, 1.82) is 0 Å². The van der Waals surface area contributed by atoms with Gasteiger partial charge in [-0.3, -0.25) is 9.78 Å². The van der Waals surface area contributed by atoms with Crippen LogP contribution in [0.15, 0.2) is 48.7 Å². The largest absolute Gasteiger partial charge is 0.350 e. The van der Waals surface area contributed by atoms with Crippen LogP contribution in [-0.4, -0.2) is 17.4 Å². The molecule has 1 amide bonds. The van der Waals surface area contributed by atoms with E-state index in [1.165, 1.54) is 5.56 Å².